The van der Waals surface area contributed by atoms with Crippen molar-refractivity contribution < 1.29 is 0 Å². The highest BCUT2D eigenvalue weighted by Crippen LogP contribution is 2.21. The van der Waals surface area contributed by atoms with E-state index in [4.69, 9.17) is 0 Å². The van der Waals surface area contributed by atoms with E-state index >= 15 is 0 Å². The van der Waals surface area contributed by atoms with Crippen molar-refractivity contribution in [1.29, 1.82) is 0 Å². The molecule has 0 N–H and O–H groups in total. The number of rotatable bonds is 0. The number of nitrogens with zero attached hydrogens (tertiary/aromatic N) is 3. The van der Waals surface area contributed by atoms with Crippen molar-refractivity contribution >= 4 is 5.69 Å². The molecule has 1 aliphatic rings. The van der Waals surface area contributed by atoms with Crippen molar-refractivity contribution in [2.45, 2.75) is 12.8 Å². The molecular formula is C8H11N3. The Labute approximate surface area is 66.1 Å². The smallest absolute Gasteiger partial charge is 0.0864 e. The normalized spacial score (nSPS) is 16.3. The van der Waals surface area contributed by atoms with E-state index in [1.807, 2.05) is 6.07 Å². The molecule has 2 rings (SSSR count). The average molecular weight is 149 g/mol. The Morgan fingerprint density at radius 3 is 3.27 bits per heavy atom. The van der Waals surface area contributed by atoms with E-state index in [-0.39, 0.29) is 0 Å². The Balaban J connectivity index is 2.44. The summed E-state index contributed by atoms with van der Waals surface area (Å²) >= 11 is 0. The molecule has 0 unspecified atom stereocenters. The van der Waals surface area contributed by atoms with Gasteiger partial charge in [-0.2, -0.15) is 10.2 Å². The van der Waals surface area contributed by atoms with Gasteiger partial charge < -0.3 is 4.90 Å². The Morgan fingerprint density at radius 1 is 1.55 bits per heavy atom. The first kappa shape index (κ1) is 6.58. The third kappa shape index (κ3) is 1.06. The molecule has 0 aromatic carbocycles. The highest BCUT2D eigenvalue weighted by Gasteiger charge is 2.13. The van der Waals surface area contributed by atoms with Gasteiger partial charge in [-0.3, -0.25) is 0 Å². The van der Waals surface area contributed by atoms with E-state index in [0.717, 1.165) is 18.7 Å². The summed E-state index contributed by atoms with van der Waals surface area (Å²) in [4.78, 5) is 2.23. The van der Waals surface area contributed by atoms with Gasteiger partial charge in [-0.15, -0.1) is 0 Å². The average Bonchev–Trinajstić information content (AvgIpc) is 2.06. The molecule has 0 saturated carbocycles. The number of hydrogen-bond acceptors (Lipinski definition) is 3. The van der Waals surface area contributed by atoms with Crippen molar-refractivity contribution in [3.05, 3.63) is 18.0 Å². The Hall–Kier alpha value is -1.12. The van der Waals surface area contributed by atoms with Gasteiger partial charge in [0.1, 0.15) is 0 Å². The Bertz CT molecular complexity index is 259. The summed E-state index contributed by atoms with van der Waals surface area (Å²) in [7, 11) is 2.10. The highest BCUT2D eigenvalue weighted by molar-refractivity contribution is 5.50. The molecule has 0 radical (unpaired) electrons. The molecule has 0 fully saturated rings. The van der Waals surface area contributed by atoms with E-state index in [9.17, 15) is 0 Å². The van der Waals surface area contributed by atoms with Crippen LogP contribution < -0.4 is 4.90 Å². The van der Waals surface area contributed by atoms with E-state index < -0.39 is 0 Å². The quantitative estimate of drug-likeness (QED) is 0.548. The lowest BCUT2D eigenvalue weighted by Gasteiger charge is -2.25. The molecule has 58 valence electrons. The van der Waals surface area contributed by atoms with Crippen LogP contribution in [0.15, 0.2) is 12.3 Å². The van der Waals surface area contributed by atoms with Crippen LogP contribution in [0.3, 0.4) is 0 Å². The lowest BCUT2D eigenvalue weighted by molar-refractivity contribution is 0.708. The van der Waals surface area contributed by atoms with Crippen LogP contribution in [0.2, 0.25) is 0 Å². The van der Waals surface area contributed by atoms with Crippen molar-refractivity contribution in [2.75, 3.05) is 18.5 Å². The van der Waals surface area contributed by atoms with Crippen LogP contribution in [0.1, 0.15) is 12.1 Å². The lowest BCUT2D eigenvalue weighted by Crippen LogP contribution is -2.25. The van der Waals surface area contributed by atoms with Crippen LogP contribution >= 0.6 is 0 Å². The maximum absolute atomic E-state index is 4.08. The molecule has 1 aromatic rings. The second-order valence-electron chi connectivity index (χ2n) is 2.89. The minimum absolute atomic E-state index is 1.08. The van der Waals surface area contributed by atoms with Crippen LogP contribution in [-0.4, -0.2) is 23.8 Å². The van der Waals surface area contributed by atoms with Gasteiger partial charge in [0.15, 0.2) is 0 Å². The molecule has 3 nitrogen and oxygen atoms in total. The molecule has 1 aliphatic heterocycles. The SMILES string of the molecule is CN1CCCc2nnccc21. The Morgan fingerprint density at radius 2 is 2.45 bits per heavy atom. The Kier molecular flexibility index (Phi) is 1.49. The number of fused-ring (bicyclic) bond motifs is 1. The van der Waals surface area contributed by atoms with Crippen molar-refractivity contribution in [1.82, 2.24) is 10.2 Å². The summed E-state index contributed by atoms with van der Waals surface area (Å²) in [6, 6.07) is 2.03. The molecule has 3 heteroatoms. The maximum atomic E-state index is 4.08. The first-order valence-corrected chi connectivity index (χ1v) is 3.89. The second-order valence-corrected chi connectivity index (χ2v) is 2.89. The number of anilines is 1. The number of aryl methyl sites for hydroxylation is 1. The fraction of sp³-hybridized carbons (Fsp3) is 0.500. The maximum Gasteiger partial charge on any atom is 0.0864 e. The van der Waals surface area contributed by atoms with Crippen molar-refractivity contribution in [2.24, 2.45) is 0 Å². The molecule has 0 amide bonds. The molecule has 11 heavy (non-hydrogen) atoms. The van der Waals surface area contributed by atoms with Gasteiger partial charge in [0.05, 0.1) is 17.6 Å². The monoisotopic (exact) mass is 149 g/mol. The van der Waals surface area contributed by atoms with Gasteiger partial charge in [0.2, 0.25) is 0 Å². The molecule has 0 saturated heterocycles. The summed E-state index contributed by atoms with van der Waals surface area (Å²) in [5.41, 5.74) is 2.38. The summed E-state index contributed by atoms with van der Waals surface area (Å²) < 4.78 is 0. The molecule has 0 aliphatic carbocycles. The molecular weight excluding hydrogens is 138 g/mol. The molecule has 2 heterocycles. The standard InChI is InChI=1S/C8H11N3/c1-11-6-2-3-7-8(11)4-5-9-10-7/h4-5H,2-3,6H2,1H3. The summed E-state index contributed by atoms with van der Waals surface area (Å²) in [6.07, 6.45) is 4.02. The molecule has 0 bridgehead atoms. The van der Waals surface area contributed by atoms with E-state index in [2.05, 4.69) is 22.1 Å². The fourth-order valence-corrected chi connectivity index (χ4v) is 1.48. The van der Waals surface area contributed by atoms with Gasteiger partial charge >= 0.3 is 0 Å². The number of hydrogen-bond donors (Lipinski definition) is 0. The largest absolute Gasteiger partial charge is 0.373 e. The fourth-order valence-electron chi connectivity index (χ4n) is 1.48. The zero-order valence-electron chi connectivity index (χ0n) is 6.62. The van der Waals surface area contributed by atoms with Crippen LogP contribution in [0.25, 0.3) is 0 Å². The minimum atomic E-state index is 1.08. The summed E-state index contributed by atoms with van der Waals surface area (Å²) in [5, 5.41) is 7.93. The van der Waals surface area contributed by atoms with Crippen LogP contribution in [0, 0.1) is 0 Å². The molecule has 0 spiro atoms. The first-order chi connectivity index (χ1) is 5.38. The van der Waals surface area contributed by atoms with Gasteiger partial charge in [-0.05, 0) is 18.9 Å². The third-order valence-corrected chi connectivity index (χ3v) is 2.09. The highest BCUT2D eigenvalue weighted by atomic mass is 15.2. The second kappa shape index (κ2) is 2.49. The summed E-state index contributed by atoms with van der Waals surface area (Å²) in [6.45, 7) is 1.14. The van der Waals surface area contributed by atoms with Gasteiger partial charge in [-0.25, -0.2) is 0 Å². The number of aromatic nitrogens is 2. The van der Waals surface area contributed by atoms with Crippen LogP contribution in [-0.2, 0) is 6.42 Å². The zero-order valence-corrected chi connectivity index (χ0v) is 6.62. The first-order valence-electron chi connectivity index (χ1n) is 3.89. The predicted molar refractivity (Wildman–Crippen MR) is 43.6 cm³/mol. The van der Waals surface area contributed by atoms with E-state index in [0.29, 0.717) is 0 Å². The van der Waals surface area contributed by atoms with Gasteiger partial charge in [0, 0.05) is 13.6 Å². The summed E-state index contributed by atoms with van der Waals surface area (Å²) in [5.74, 6) is 0. The van der Waals surface area contributed by atoms with Gasteiger partial charge in [0.25, 0.3) is 0 Å². The van der Waals surface area contributed by atoms with E-state index in [1.165, 1.54) is 12.1 Å². The predicted octanol–water partition coefficient (Wildman–Crippen LogP) is 0.859. The van der Waals surface area contributed by atoms with Crippen LogP contribution in [0.5, 0.6) is 0 Å². The van der Waals surface area contributed by atoms with E-state index in [1.54, 1.807) is 6.20 Å². The third-order valence-electron chi connectivity index (χ3n) is 2.09. The van der Waals surface area contributed by atoms with Crippen molar-refractivity contribution in [3.8, 4) is 0 Å². The topological polar surface area (TPSA) is 29.0 Å². The lowest BCUT2D eigenvalue weighted by atomic mass is 10.1. The minimum Gasteiger partial charge on any atom is -0.373 e. The van der Waals surface area contributed by atoms with Gasteiger partial charge in [-0.1, -0.05) is 0 Å². The zero-order chi connectivity index (χ0) is 7.68. The van der Waals surface area contributed by atoms with Crippen LogP contribution in [0.4, 0.5) is 5.69 Å². The van der Waals surface area contributed by atoms with Crippen molar-refractivity contribution in [3.63, 3.8) is 0 Å². The molecule has 0 atom stereocenters. The molecule has 1 aromatic heterocycles.